The summed E-state index contributed by atoms with van der Waals surface area (Å²) in [6, 6.07) is 14.1. The fourth-order valence-electron chi connectivity index (χ4n) is 2.46. The summed E-state index contributed by atoms with van der Waals surface area (Å²) < 4.78 is 4.98. The minimum atomic E-state index is -0.562. The number of carbonyl (C=O) groups excluding carboxylic acids is 2. The summed E-state index contributed by atoms with van der Waals surface area (Å²) in [4.78, 5) is 24.6. The normalized spacial score (nSPS) is 10.8. The molecule has 0 aliphatic carbocycles. The van der Waals surface area contributed by atoms with Crippen LogP contribution in [-0.2, 0) is 4.74 Å². The van der Waals surface area contributed by atoms with Crippen LogP contribution in [0.25, 0.3) is 11.1 Å². The van der Waals surface area contributed by atoms with Gasteiger partial charge >= 0.3 is 5.97 Å². The molecule has 0 fully saturated rings. The Kier molecular flexibility index (Phi) is 5.38. The van der Waals surface area contributed by atoms with Crippen LogP contribution in [0.1, 0.15) is 54.0 Å². The number of rotatable bonds is 4. The van der Waals surface area contributed by atoms with Gasteiger partial charge in [-0.25, -0.2) is 4.79 Å². The van der Waals surface area contributed by atoms with E-state index < -0.39 is 5.41 Å². The van der Waals surface area contributed by atoms with Gasteiger partial charge in [0.1, 0.15) is 0 Å². The minimum Gasteiger partial charge on any atom is -0.462 e. The van der Waals surface area contributed by atoms with Gasteiger partial charge in [0.25, 0.3) is 0 Å². The Morgan fingerprint density at radius 1 is 1.08 bits per heavy atom. The zero-order chi connectivity index (χ0) is 18.6. The van der Waals surface area contributed by atoms with Gasteiger partial charge < -0.3 is 4.74 Å². The topological polar surface area (TPSA) is 67.2 Å². The number of esters is 1. The van der Waals surface area contributed by atoms with Gasteiger partial charge in [-0.2, -0.15) is 5.26 Å². The van der Waals surface area contributed by atoms with Crippen LogP contribution in [0.3, 0.4) is 0 Å². The van der Waals surface area contributed by atoms with E-state index >= 15 is 0 Å². The van der Waals surface area contributed by atoms with Crippen molar-refractivity contribution in [2.24, 2.45) is 5.41 Å². The van der Waals surface area contributed by atoms with Crippen molar-refractivity contribution in [2.45, 2.75) is 27.7 Å². The van der Waals surface area contributed by atoms with Crippen molar-refractivity contribution in [2.75, 3.05) is 6.61 Å². The number of hydrogen-bond donors (Lipinski definition) is 0. The molecule has 2 aromatic carbocycles. The quantitative estimate of drug-likeness (QED) is 0.603. The van der Waals surface area contributed by atoms with Gasteiger partial charge in [-0.3, -0.25) is 4.79 Å². The molecule has 0 bridgehead atoms. The largest absolute Gasteiger partial charge is 0.462 e. The van der Waals surface area contributed by atoms with Crippen molar-refractivity contribution in [3.63, 3.8) is 0 Å². The molecule has 0 atom stereocenters. The van der Waals surface area contributed by atoms with Gasteiger partial charge in [0, 0.05) is 11.0 Å². The predicted molar refractivity (Wildman–Crippen MR) is 96.3 cm³/mol. The molecule has 0 N–H and O–H groups in total. The number of nitriles is 1. The zero-order valence-corrected chi connectivity index (χ0v) is 14.9. The molecule has 25 heavy (non-hydrogen) atoms. The molecule has 0 aliphatic heterocycles. The average Bonchev–Trinajstić information content (AvgIpc) is 2.60. The number of ether oxygens (including phenoxy) is 1. The summed E-state index contributed by atoms with van der Waals surface area (Å²) in [5.74, 6) is -0.408. The Bertz CT molecular complexity index is 837. The van der Waals surface area contributed by atoms with Crippen molar-refractivity contribution in [1.82, 2.24) is 0 Å². The van der Waals surface area contributed by atoms with Crippen LogP contribution in [0.4, 0.5) is 0 Å². The average molecular weight is 335 g/mol. The predicted octanol–water partition coefficient (Wildman–Crippen LogP) is 4.63. The van der Waals surface area contributed by atoms with E-state index in [1.807, 2.05) is 20.8 Å². The van der Waals surface area contributed by atoms with Gasteiger partial charge in [0.2, 0.25) is 0 Å². The van der Waals surface area contributed by atoms with E-state index in [1.165, 1.54) is 0 Å². The number of nitrogens with zero attached hydrogens (tertiary/aromatic N) is 1. The molecule has 128 valence electrons. The lowest BCUT2D eigenvalue weighted by molar-refractivity contribution is 0.0526. The number of ketones is 1. The van der Waals surface area contributed by atoms with Gasteiger partial charge in [-0.1, -0.05) is 39.0 Å². The highest BCUT2D eigenvalue weighted by Gasteiger charge is 2.26. The molecule has 2 rings (SSSR count). The molecule has 0 amide bonds. The second kappa shape index (κ2) is 7.31. The third-order valence-electron chi connectivity index (χ3n) is 3.78. The number of Topliss-reactive ketones (excluding diaryl/α,β-unsaturated/α-hetero) is 1. The van der Waals surface area contributed by atoms with Gasteiger partial charge in [0.05, 0.1) is 23.8 Å². The van der Waals surface area contributed by atoms with Crippen LogP contribution >= 0.6 is 0 Å². The summed E-state index contributed by atoms with van der Waals surface area (Å²) in [6.07, 6.45) is 0. The Balaban J connectivity index is 2.50. The van der Waals surface area contributed by atoms with Crippen molar-refractivity contribution < 1.29 is 14.3 Å². The third-order valence-corrected chi connectivity index (χ3v) is 3.78. The molecule has 0 saturated heterocycles. The van der Waals surface area contributed by atoms with Crippen LogP contribution in [0.15, 0.2) is 42.5 Å². The summed E-state index contributed by atoms with van der Waals surface area (Å²) in [6.45, 7) is 7.62. The third kappa shape index (κ3) is 4.13. The second-order valence-corrected chi connectivity index (χ2v) is 6.75. The molecule has 0 spiro atoms. The number of benzene rings is 2. The van der Waals surface area contributed by atoms with Crippen LogP contribution in [0, 0.1) is 16.7 Å². The molecule has 4 heteroatoms. The standard InChI is InChI=1S/C21H21NO3/c1-5-25-20(24)16-9-7-15(8-10-16)17-11-6-14(13-22)12-18(17)19(23)21(2,3)4/h6-12H,5H2,1-4H3. The smallest absolute Gasteiger partial charge is 0.338 e. The lowest BCUT2D eigenvalue weighted by atomic mass is 9.82. The first-order chi connectivity index (χ1) is 11.8. The van der Waals surface area contributed by atoms with Crippen molar-refractivity contribution >= 4 is 11.8 Å². The van der Waals surface area contributed by atoms with Crippen molar-refractivity contribution in [3.8, 4) is 17.2 Å². The minimum absolute atomic E-state index is 0.0333. The van der Waals surface area contributed by atoms with Crippen molar-refractivity contribution in [1.29, 1.82) is 5.26 Å². The molecule has 0 unspecified atom stereocenters. The van der Waals surface area contributed by atoms with E-state index in [-0.39, 0.29) is 11.8 Å². The van der Waals surface area contributed by atoms with Crippen LogP contribution in [0.2, 0.25) is 0 Å². The SMILES string of the molecule is CCOC(=O)c1ccc(-c2ccc(C#N)cc2C(=O)C(C)(C)C)cc1. The highest BCUT2D eigenvalue weighted by molar-refractivity contribution is 6.05. The monoisotopic (exact) mass is 335 g/mol. The first-order valence-corrected chi connectivity index (χ1v) is 8.14. The zero-order valence-electron chi connectivity index (χ0n) is 14.9. The summed E-state index contributed by atoms with van der Waals surface area (Å²) >= 11 is 0. The molecule has 0 aromatic heterocycles. The Morgan fingerprint density at radius 2 is 1.72 bits per heavy atom. The van der Waals surface area contributed by atoms with Gasteiger partial charge in [-0.05, 0) is 42.3 Å². The molecule has 0 radical (unpaired) electrons. The fraction of sp³-hybridized carbons (Fsp3) is 0.286. The van der Waals surface area contributed by atoms with Crippen molar-refractivity contribution in [3.05, 3.63) is 59.2 Å². The molecule has 0 heterocycles. The first kappa shape index (κ1) is 18.4. The Labute approximate surface area is 148 Å². The maximum absolute atomic E-state index is 12.8. The summed E-state index contributed by atoms with van der Waals surface area (Å²) in [5.41, 5.74) is 2.41. The van der Waals surface area contributed by atoms with Crippen LogP contribution < -0.4 is 0 Å². The maximum Gasteiger partial charge on any atom is 0.338 e. The Morgan fingerprint density at radius 3 is 2.24 bits per heavy atom. The molecule has 2 aromatic rings. The second-order valence-electron chi connectivity index (χ2n) is 6.75. The maximum atomic E-state index is 12.8. The number of carbonyl (C=O) groups is 2. The van der Waals surface area contributed by atoms with Crippen LogP contribution in [-0.4, -0.2) is 18.4 Å². The van der Waals surface area contributed by atoms with E-state index in [4.69, 9.17) is 10.00 Å². The summed E-state index contributed by atoms with van der Waals surface area (Å²) in [7, 11) is 0. The van der Waals surface area contributed by atoms with Gasteiger partial charge in [-0.15, -0.1) is 0 Å². The summed E-state index contributed by atoms with van der Waals surface area (Å²) in [5, 5.41) is 9.14. The fourth-order valence-corrected chi connectivity index (χ4v) is 2.46. The molecule has 4 nitrogen and oxygen atoms in total. The van der Waals surface area contributed by atoms with Gasteiger partial charge in [0.15, 0.2) is 5.78 Å². The molecule has 0 saturated carbocycles. The highest BCUT2D eigenvalue weighted by Crippen LogP contribution is 2.30. The Hall–Kier alpha value is -2.93. The highest BCUT2D eigenvalue weighted by atomic mass is 16.5. The lowest BCUT2D eigenvalue weighted by Crippen LogP contribution is -2.21. The lowest BCUT2D eigenvalue weighted by Gasteiger charge is -2.19. The van der Waals surface area contributed by atoms with Crippen LogP contribution in [0.5, 0.6) is 0 Å². The van der Waals surface area contributed by atoms with E-state index in [0.717, 1.165) is 11.1 Å². The van der Waals surface area contributed by atoms with E-state index in [9.17, 15) is 9.59 Å². The van der Waals surface area contributed by atoms with E-state index in [0.29, 0.717) is 23.3 Å². The van der Waals surface area contributed by atoms with E-state index in [1.54, 1.807) is 49.4 Å². The number of hydrogen-bond acceptors (Lipinski definition) is 4. The molecule has 0 aliphatic rings. The molecular weight excluding hydrogens is 314 g/mol. The first-order valence-electron chi connectivity index (χ1n) is 8.14. The molecular formula is C21H21NO3. The van der Waals surface area contributed by atoms with E-state index in [2.05, 4.69) is 6.07 Å².